The predicted molar refractivity (Wildman–Crippen MR) is 95.9 cm³/mol. The number of benzene rings is 1. The van der Waals surface area contributed by atoms with E-state index in [9.17, 15) is 13.2 Å². The summed E-state index contributed by atoms with van der Waals surface area (Å²) < 4.78 is 42.8. The Balaban J connectivity index is 0.00000163. The lowest BCUT2D eigenvalue weighted by molar-refractivity contribution is -0.141. The Morgan fingerprint density at radius 3 is 2.23 bits per heavy atom. The van der Waals surface area contributed by atoms with Gasteiger partial charge in [-0.3, -0.25) is 4.90 Å². The molecule has 1 unspecified atom stereocenters. The molecule has 7 heteroatoms. The minimum Gasteiger partial charge on any atom is -0.475 e. The minimum atomic E-state index is -4.49. The molecule has 1 atom stereocenters. The first-order valence-corrected chi connectivity index (χ1v) is 8.70. The van der Waals surface area contributed by atoms with Gasteiger partial charge in [-0.15, -0.1) is 0 Å². The summed E-state index contributed by atoms with van der Waals surface area (Å²) in [6.07, 6.45) is -2.81. The van der Waals surface area contributed by atoms with Crippen molar-refractivity contribution in [1.82, 2.24) is 14.9 Å². The lowest BCUT2D eigenvalue weighted by Crippen LogP contribution is -2.36. The van der Waals surface area contributed by atoms with Crippen molar-refractivity contribution in [1.29, 1.82) is 0 Å². The van der Waals surface area contributed by atoms with Crippen molar-refractivity contribution in [2.75, 3.05) is 13.2 Å². The van der Waals surface area contributed by atoms with Gasteiger partial charge in [-0.05, 0) is 19.0 Å². The fourth-order valence-electron chi connectivity index (χ4n) is 2.25. The second-order valence-electron chi connectivity index (χ2n) is 5.45. The molecule has 0 radical (unpaired) electrons. The lowest BCUT2D eigenvalue weighted by Gasteiger charge is -2.27. The van der Waals surface area contributed by atoms with Gasteiger partial charge >= 0.3 is 6.18 Å². The Hall–Kier alpha value is -2.15. The standard InChI is InChI=1S/C17H20F3N3O.C2H6/c1-3-23(11-14-7-5-4-6-8-14)13(2)12-24-16-10-21-15(9-22-16)17(18,19)20;1-2/h4-10,13H,3,11-12H2,1-2H3;1-2H3. The zero-order valence-corrected chi connectivity index (χ0v) is 15.6. The molecule has 2 aromatic rings. The quantitative estimate of drug-likeness (QED) is 0.702. The molecule has 0 spiro atoms. The first kappa shape index (κ1) is 21.9. The topological polar surface area (TPSA) is 38.2 Å². The Kier molecular flexibility index (Phi) is 9.05. The van der Waals surface area contributed by atoms with Crippen LogP contribution in [0.15, 0.2) is 42.7 Å². The van der Waals surface area contributed by atoms with Crippen LogP contribution < -0.4 is 4.74 Å². The van der Waals surface area contributed by atoms with Gasteiger partial charge in [0.15, 0.2) is 5.69 Å². The molecule has 0 bridgehead atoms. The molecule has 26 heavy (non-hydrogen) atoms. The first-order chi connectivity index (χ1) is 12.4. The van der Waals surface area contributed by atoms with Crippen molar-refractivity contribution in [3.63, 3.8) is 0 Å². The maximum Gasteiger partial charge on any atom is 0.434 e. The van der Waals surface area contributed by atoms with E-state index in [0.29, 0.717) is 12.8 Å². The molecule has 4 nitrogen and oxygen atoms in total. The highest BCUT2D eigenvalue weighted by Gasteiger charge is 2.32. The number of aromatic nitrogens is 2. The second-order valence-corrected chi connectivity index (χ2v) is 5.45. The fourth-order valence-corrected chi connectivity index (χ4v) is 2.25. The van der Waals surface area contributed by atoms with Crippen molar-refractivity contribution < 1.29 is 17.9 Å². The van der Waals surface area contributed by atoms with Crippen LogP contribution in [0.2, 0.25) is 0 Å². The summed E-state index contributed by atoms with van der Waals surface area (Å²) in [5.74, 6) is 0.0885. The summed E-state index contributed by atoms with van der Waals surface area (Å²) in [6.45, 7) is 9.99. The van der Waals surface area contributed by atoms with Crippen LogP contribution in [0.5, 0.6) is 5.88 Å². The van der Waals surface area contributed by atoms with Gasteiger partial charge in [-0.2, -0.15) is 13.2 Å². The molecule has 0 saturated carbocycles. The van der Waals surface area contributed by atoms with Crippen molar-refractivity contribution in [3.05, 3.63) is 54.0 Å². The molecule has 1 aromatic carbocycles. The third-order valence-electron chi connectivity index (χ3n) is 3.65. The molecule has 0 aliphatic carbocycles. The van der Waals surface area contributed by atoms with Crippen LogP contribution in [-0.2, 0) is 12.7 Å². The van der Waals surface area contributed by atoms with Gasteiger partial charge in [-0.25, -0.2) is 9.97 Å². The van der Waals surface area contributed by atoms with Crippen LogP contribution >= 0.6 is 0 Å². The van der Waals surface area contributed by atoms with Gasteiger partial charge in [0.2, 0.25) is 5.88 Å². The lowest BCUT2D eigenvalue weighted by atomic mass is 10.2. The van der Waals surface area contributed by atoms with Crippen molar-refractivity contribution >= 4 is 0 Å². The zero-order valence-electron chi connectivity index (χ0n) is 15.6. The average Bonchev–Trinajstić information content (AvgIpc) is 2.66. The van der Waals surface area contributed by atoms with Crippen molar-refractivity contribution in [3.8, 4) is 5.88 Å². The van der Waals surface area contributed by atoms with E-state index in [1.54, 1.807) is 0 Å². The van der Waals surface area contributed by atoms with Crippen LogP contribution in [0.4, 0.5) is 13.2 Å². The van der Waals surface area contributed by atoms with E-state index in [2.05, 4.69) is 33.9 Å². The number of ether oxygens (including phenoxy) is 1. The maximum absolute atomic E-state index is 12.4. The molecule has 144 valence electrons. The van der Waals surface area contributed by atoms with Gasteiger partial charge in [0.25, 0.3) is 0 Å². The minimum absolute atomic E-state index is 0.0827. The molecule has 0 aliphatic rings. The smallest absolute Gasteiger partial charge is 0.434 e. The Bertz CT molecular complexity index is 618. The fraction of sp³-hybridized carbons (Fsp3) is 0.474. The van der Waals surface area contributed by atoms with E-state index >= 15 is 0 Å². The number of alkyl halides is 3. The number of hydrogen-bond acceptors (Lipinski definition) is 4. The van der Waals surface area contributed by atoms with E-state index in [1.807, 2.05) is 39.0 Å². The largest absolute Gasteiger partial charge is 0.475 e. The van der Waals surface area contributed by atoms with Crippen LogP contribution in [0.3, 0.4) is 0 Å². The van der Waals surface area contributed by atoms with Crippen LogP contribution in [-0.4, -0.2) is 34.1 Å². The third-order valence-corrected chi connectivity index (χ3v) is 3.65. The summed E-state index contributed by atoms with van der Waals surface area (Å²) in [4.78, 5) is 9.21. The van der Waals surface area contributed by atoms with Crippen molar-refractivity contribution in [2.45, 2.75) is 46.5 Å². The predicted octanol–water partition coefficient (Wildman–Crippen LogP) is 4.81. The summed E-state index contributed by atoms with van der Waals surface area (Å²) >= 11 is 0. The van der Waals surface area contributed by atoms with Gasteiger partial charge in [0, 0.05) is 12.6 Å². The normalized spacial score (nSPS) is 12.3. The number of rotatable bonds is 7. The molecule has 1 aromatic heterocycles. The number of likely N-dealkylation sites (N-methyl/N-ethyl adjacent to an activating group) is 1. The number of hydrogen-bond donors (Lipinski definition) is 0. The molecular formula is C19H26F3N3O. The monoisotopic (exact) mass is 369 g/mol. The summed E-state index contributed by atoms with van der Waals surface area (Å²) in [6, 6.07) is 10.1. The third kappa shape index (κ3) is 7.00. The molecule has 2 rings (SSSR count). The molecule has 0 fully saturated rings. The SMILES string of the molecule is CC.CCN(Cc1ccccc1)C(C)COc1cnc(C(F)(F)F)cn1. The summed E-state index contributed by atoms with van der Waals surface area (Å²) in [7, 11) is 0. The van der Waals surface area contributed by atoms with Crippen LogP contribution in [0, 0.1) is 0 Å². The number of nitrogens with zero attached hydrogens (tertiary/aromatic N) is 3. The van der Waals surface area contributed by atoms with Crippen molar-refractivity contribution in [2.24, 2.45) is 0 Å². The molecular weight excluding hydrogens is 343 g/mol. The van der Waals surface area contributed by atoms with E-state index in [1.165, 1.54) is 5.56 Å². The zero-order chi connectivity index (χ0) is 19.6. The Labute approximate surface area is 153 Å². The maximum atomic E-state index is 12.4. The Morgan fingerprint density at radius 2 is 1.73 bits per heavy atom. The van der Waals surface area contributed by atoms with E-state index < -0.39 is 11.9 Å². The molecule has 0 aliphatic heterocycles. The van der Waals surface area contributed by atoms with Gasteiger partial charge < -0.3 is 4.74 Å². The van der Waals surface area contributed by atoms with Gasteiger partial charge in [0.1, 0.15) is 6.61 Å². The highest BCUT2D eigenvalue weighted by Crippen LogP contribution is 2.27. The summed E-state index contributed by atoms with van der Waals surface area (Å²) in [5.41, 5.74) is 0.169. The Morgan fingerprint density at radius 1 is 1.08 bits per heavy atom. The van der Waals surface area contributed by atoms with E-state index in [4.69, 9.17) is 4.74 Å². The van der Waals surface area contributed by atoms with Gasteiger partial charge in [0.05, 0.1) is 12.4 Å². The molecule has 1 heterocycles. The van der Waals surface area contributed by atoms with Gasteiger partial charge in [-0.1, -0.05) is 51.1 Å². The second kappa shape index (κ2) is 10.8. The highest BCUT2D eigenvalue weighted by molar-refractivity contribution is 5.14. The van der Waals surface area contributed by atoms with E-state index in [0.717, 1.165) is 19.3 Å². The first-order valence-electron chi connectivity index (χ1n) is 8.70. The summed E-state index contributed by atoms with van der Waals surface area (Å²) in [5, 5.41) is 0. The molecule has 0 N–H and O–H groups in total. The average molecular weight is 369 g/mol. The highest BCUT2D eigenvalue weighted by atomic mass is 19.4. The number of halogens is 3. The van der Waals surface area contributed by atoms with Crippen LogP contribution in [0.25, 0.3) is 0 Å². The van der Waals surface area contributed by atoms with Crippen LogP contribution in [0.1, 0.15) is 39.0 Å². The molecule has 0 saturated heterocycles. The van der Waals surface area contributed by atoms with E-state index in [-0.39, 0.29) is 11.9 Å². The molecule has 0 amide bonds.